The summed E-state index contributed by atoms with van der Waals surface area (Å²) < 4.78 is 0. The standard InChI is InChI=1S/C16H28N2/c1-16(2,3)18-14-8-13-17-12-7-11-15-9-5-4-6-10-15/h4-6,9-10,17-18H,7-8,11-14H2,1-3H3. The van der Waals surface area contributed by atoms with Gasteiger partial charge in [-0.15, -0.1) is 0 Å². The number of hydrogen-bond acceptors (Lipinski definition) is 2. The van der Waals surface area contributed by atoms with Gasteiger partial charge in [0.25, 0.3) is 0 Å². The lowest BCUT2D eigenvalue weighted by Crippen LogP contribution is -2.37. The van der Waals surface area contributed by atoms with Gasteiger partial charge in [0.1, 0.15) is 0 Å². The summed E-state index contributed by atoms with van der Waals surface area (Å²) in [5, 5.41) is 7.00. The molecule has 0 saturated carbocycles. The molecule has 0 atom stereocenters. The van der Waals surface area contributed by atoms with Gasteiger partial charge in [-0.2, -0.15) is 0 Å². The Morgan fingerprint density at radius 1 is 0.889 bits per heavy atom. The van der Waals surface area contributed by atoms with Crippen LogP contribution >= 0.6 is 0 Å². The quantitative estimate of drug-likeness (QED) is 0.691. The average molecular weight is 248 g/mol. The van der Waals surface area contributed by atoms with Crippen LogP contribution in [0.25, 0.3) is 0 Å². The second kappa shape index (κ2) is 8.28. The fraction of sp³-hybridized carbons (Fsp3) is 0.625. The molecule has 18 heavy (non-hydrogen) atoms. The van der Waals surface area contributed by atoms with E-state index in [1.165, 1.54) is 24.8 Å². The zero-order valence-corrected chi connectivity index (χ0v) is 12.1. The van der Waals surface area contributed by atoms with Crippen molar-refractivity contribution in [2.45, 2.75) is 45.6 Å². The van der Waals surface area contributed by atoms with Gasteiger partial charge in [-0.25, -0.2) is 0 Å². The predicted octanol–water partition coefficient (Wildman–Crippen LogP) is 2.99. The molecular weight excluding hydrogens is 220 g/mol. The van der Waals surface area contributed by atoms with E-state index in [9.17, 15) is 0 Å². The van der Waals surface area contributed by atoms with E-state index < -0.39 is 0 Å². The molecule has 0 spiro atoms. The van der Waals surface area contributed by atoms with Crippen molar-refractivity contribution in [2.24, 2.45) is 0 Å². The minimum atomic E-state index is 0.243. The number of nitrogens with one attached hydrogen (secondary N) is 2. The lowest BCUT2D eigenvalue weighted by Gasteiger charge is -2.20. The maximum atomic E-state index is 3.50. The molecule has 1 rings (SSSR count). The van der Waals surface area contributed by atoms with E-state index >= 15 is 0 Å². The summed E-state index contributed by atoms with van der Waals surface area (Å²) in [5.41, 5.74) is 1.68. The molecule has 102 valence electrons. The minimum absolute atomic E-state index is 0.243. The van der Waals surface area contributed by atoms with Crippen molar-refractivity contribution in [3.05, 3.63) is 35.9 Å². The van der Waals surface area contributed by atoms with E-state index in [1.807, 2.05) is 0 Å². The number of hydrogen-bond donors (Lipinski definition) is 2. The molecule has 2 heteroatoms. The summed E-state index contributed by atoms with van der Waals surface area (Å²) in [4.78, 5) is 0. The van der Waals surface area contributed by atoms with Gasteiger partial charge >= 0.3 is 0 Å². The second-order valence-corrected chi connectivity index (χ2v) is 5.87. The zero-order valence-electron chi connectivity index (χ0n) is 12.1. The fourth-order valence-corrected chi connectivity index (χ4v) is 1.86. The topological polar surface area (TPSA) is 24.1 Å². The third-order valence-electron chi connectivity index (χ3n) is 2.85. The summed E-state index contributed by atoms with van der Waals surface area (Å²) in [5.74, 6) is 0. The fourth-order valence-electron chi connectivity index (χ4n) is 1.86. The van der Waals surface area contributed by atoms with Crippen LogP contribution < -0.4 is 10.6 Å². The van der Waals surface area contributed by atoms with Crippen LogP contribution in [0.3, 0.4) is 0 Å². The largest absolute Gasteiger partial charge is 0.317 e. The van der Waals surface area contributed by atoms with Crippen LogP contribution in [-0.4, -0.2) is 25.2 Å². The van der Waals surface area contributed by atoms with Gasteiger partial charge in [-0.3, -0.25) is 0 Å². The summed E-state index contributed by atoms with van der Waals surface area (Å²) >= 11 is 0. The van der Waals surface area contributed by atoms with Crippen LogP contribution in [0.2, 0.25) is 0 Å². The van der Waals surface area contributed by atoms with Gasteiger partial charge in [-0.05, 0) is 65.2 Å². The van der Waals surface area contributed by atoms with E-state index in [4.69, 9.17) is 0 Å². The summed E-state index contributed by atoms with van der Waals surface area (Å²) in [6, 6.07) is 10.7. The molecule has 0 amide bonds. The third-order valence-corrected chi connectivity index (χ3v) is 2.85. The van der Waals surface area contributed by atoms with Gasteiger partial charge in [0.2, 0.25) is 0 Å². The minimum Gasteiger partial charge on any atom is -0.317 e. The molecular formula is C16H28N2. The Labute approximate surface area is 112 Å². The molecule has 0 saturated heterocycles. The van der Waals surface area contributed by atoms with Crippen LogP contribution in [0.1, 0.15) is 39.2 Å². The second-order valence-electron chi connectivity index (χ2n) is 5.87. The summed E-state index contributed by atoms with van der Waals surface area (Å²) in [7, 11) is 0. The molecule has 0 aromatic heterocycles. The van der Waals surface area contributed by atoms with Gasteiger partial charge < -0.3 is 10.6 Å². The highest BCUT2D eigenvalue weighted by Gasteiger charge is 2.06. The number of rotatable bonds is 8. The van der Waals surface area contributed by atoms with E-state index in [-0.39, 0.29) is 5.54 Å². The molecule has 0 aliphatic rings. The molecule has 2 nitrogen and oxygen atoms in total. The maximum Gasteiger partial charge on any atom is 0.00965 e. The molecule has 2 N–H and O–H groups in total. The Morgan fingerprint density at radius 2 is 1.56 bits per heavy atom. The van der Waals surface area contributed by atoms with E-state index in [2.05, 4.69) is 61.7 Å². The van der Waals surface area contributed by atoms with E-state index in [1.54, 1.807) is 0 Å². The van der Waals surface area contributed by atoms with Gasteiger partial charge in [0.05, 0.1) is 0 Å². The van der Waals surface area contributed by atoms with Crippen LogP contribution in [0, 0.1) is 0 Å². The highest BCUT2D eigenvalue weighted by atomic mass is 14.9. The Morgan fingerprint density at radius 3 is 2.22 bits per heavy atom. The molecule has 1 aromatic rings. The van der Waals surface area contributed by atoms with Crippen molar-refractivity contribution in [1.29, 1.82) is 0 Å². The first-order chi connectivity index (χ1) is 8.58. The first kappa shape index (κ1) is 15.2. The third kappa shape index (κ3) is 8.26. The molecule has 0 fully saturated rings. The van der Waals surface area contributed by atoms with Gasteiger partial charge in [0, 0.05) is 5.54 Å². The molecule has 0 heterocycles. The van der Waals surface area contributed by atoms with Crippen LogP contribution in [0.5, 0.6) is 0 Å². The summed E-state index contributed by atoms with van der Waals surface area (Å²) in [6.45, 7) is 9.94. The van der Waals surface area contributed by atoms with E-state index in [0.717, 1.165) is 19.6 Å². The van der Waals surface area contributed by atoms with Crippen molar-refractivity contribution >= 4 is 0 Å². The first-order valence-electron chi connectivity index (χ1n) is 7.07. The lowest BCUT2D eigenvalue weighted by atomic mass is 10.1. The van der Waals surface area contributed by atoms with Crippen molar-refractivity contribution in [3.63, 3.8) is 0 Å². The van der Waals surface area contributed by atoms with Crippen molar-refractivity contribution in [2.75, 3.05) is 19.6 Å². The van der Waals surface area contributed by atoms with Crippen molar-refractivity contribution in [1.82, 2.24) is 10.6 Å². The lowest BCUT2D eigenvalue weighted by molar-refractivity contribution is 0.418. The highest BCUT2D eigenvalue weighted by molar-refractivity contribution is 5.14. The molecule has 0 unspecified atom stereocenters. The zero-order chi connectivity index (χ0) is 13.3. The van der Waals surface area contributed by atoms with Crippen LogP contribution in [-0.2, 0) is 6.42 Å². The smallest absolute Gasteiger partial charge is 0.00965 e. The Kier molecular flexibility index (Phi) is 6.99. The number of benzene rings is 1. The SMILES string of the molecule is CC(C)(C)NCCCNCCCc1ccccc1. The Hall–Kier alpha value is -0.860. The van der Waals surface area contributed by atoms with Gasteiger partial charge in [-0.1, -0.05) is 30.3 Å². The average Bonchev–Trinajstić information content (AvgIpc) is 2.32. The Bertz CT molecular complexity index is 301. The number of aryl methyl sites for hydroxylation is 1. The molecule has 1 aromatic carbocycles. The van der Waals surface area contributed by atoms with Gasteiger partial charge in [0.15, 0.2) is 0 Å². The monoisotopic (exact) mass is 248 g/mol. The maximum absolute atomic E-state index is 3.50. The van der Waals surface area contributed by atoms with E-state index in [0.29, 0.717) is 0 Å². The molecule has 0 bridgehead atoms. The predicted molar refractivity (Wildman–Crippen MR) is 80.0 cm³/mol. The Balaban J connectivity index is 1.90. The highest BCUT2D eigenvalue weighted by Crippen LogP contribution is 2.01. The molecule has 0 aliphatic carbocycles. The van der Waals surface area contributed by atoms with Crippen LogP contribution in [0.15, 0.2) is 30.3 Å². The van der Waals surface area contributed by atoms with Crippen molar-refractivity contribution < 1.29 is 0 Å². The molecule has 0 aliphatic heterocycles. The normalized spacial score (nSPS) is 11.7. The molecule has 0 radical (unpaired) electrons. The van der Waals surface area contributed by atoms with Crippen molar-refractivity contribution in [3.8, 4) is 0 Å². The van der Waals surface area contributed by atoms with Crippen LogP contribution in [0.4, 0.5) is 0 Å². The first-order valence-corrected chi connectivity index (χ1v) is 7.07. The summed E-state index contributed by atoms with van der Waals surface area (Å²) in [6.07, 6.45) is 3.59.